The third kappa shape index (κ3) is 5.50. The summed E-state index contributed by atoms with van der Waals surface area (Å²) in [7, 11) is 0. The van der Waals surface area contributed by atoms with Gasteiger partial charge in [0.2, 0.25) is 0 Å². The first kappa shape index (κ1) is 28.2. The van der Waals surface area contributed by atoms with E-state index < -0.39 is 11.6 Å². The molecule has 1 radical (unpaired) electrons. The van der Waals surface area contributed by atoms with Gasteiger partial charge >= 0.3 is 22.4 Å². The van der Waals surface area contributed by atoms with E-state index in [-0.39, 0.29) is 67.1 Å². The van der Waals surface area contributed by atoms with E-state index in [1.165, 1.54) is 24.3 Å². The molecule has 0 aliphatic carbocycles. The Morgan fingerprint density at radius 3 is 2.31 bits per heavy atom. The van der Waals surface area contributed by atoms with E-state index in [1.54, 1.807) is 32.0 Å². The van der Waals surface area contributed by atoms with Crippen molar-refractivity contribution in [3.8, 4) is 5.75 Å². The summed E-state index contributed by atoms with van der Waals surface area (Å²) in [4.78, 5) is 27.2. The minimum absolute atomic E-state index is 0. The molecule has 1 heterocycles. The van der Waals surface area contributed by atoms with E-state index in [0.29, 0.717) is 10.9 Å². The summed E-state index contributed by atoms with van der Waals surface area (Å²) >= 11 is 0. The predicted octanol–water partition coefficient (Wildman–Crippen LogP) is -1.09. The van der Waals surface area contributed by atoms with Gasteiger partial charge in [-0.1, -0.05) is 36.1 Å². The van der Waals surface area contributed by atoms with Gasteiger partial charge in [-0.25, -0.2) is 4.79 Å². The van der Waals surface area contributed by atoms with Gasteiger partial charge in [0.25, 0.3) is 0 Å². The average Bonchev–Trinajstić information content (AvgIpc) is 2.54. The van der Waals surface area contributed by atoms with Gasteiger partial charge in [0.1, 0.15) is 5.58 Å². The Morgan fingerprint density at radius 1 is 1.07 bits per heavy atom. The van der Waals surface area contributed by atoms with Crippen LogP contribution in [-0.2, 0) is 33.2 Å². The van der Waals surface area contributed by atoms with Crippen molar-refractivity contribution >= 4 is 28.3 Å². The van der Waals surface area contributed by atoms with Gasteiger partial charge in [-0.05, 0) is 25.5 Å². The van der Waals surface area contributed by atoms with Crippen LogP contribution in [0.4, 0.5) is 5.69 Å². The van der Waals surface area contributed by atoms with Crippen molar-refractivity contribution in [1.29, 1.82) is 0 Å². The molecule has 3 rings (SSSR count). The van der Waals surface area contributed by atoms with Crippen molar-refractivity contribution in [2.24, 2.45) is 4.99 Å². The van der Waals surface area contributed by atoms with E-state index in [9.17, 15) is 19.8 Å². The summed E-state index contributed by atoms with van der Waals surface area (Å²) in [6.07, 6.45) is 0. The molecule has 0 spiro atoms. The molecule has 0 aliphatic rings. The molecule has 0 atom stereocenters. The standard InChI is InChI=1S/C19H15NO5.Co.3H2O/c1-10-9-16(22)25-18-12(10)7-8-15(21)17(18)11(2)20-14-6-4-3-5-13(14)19(23)24;;;;/h3-9,21H,1-2H3,(H,23,24);;3*1H2/q;+2;;;/p+1. The molecule has 0 bridgehead atoms. The molecule has 0 unspecified atom stereocenters. The van der Waals surface area contributed by atoms with E-state index in [0.717, 1.165) is 0 Å². The topological polar surface area (TPSA) is 205 Å². The molecule has 0 aliphatic heterocycles. The number of rotatable bonds is 3. The first-order valence-corrected chi connectivity index (χ1v) is 7.49. The number of aromatic carboxylic acids is 1. The summed E-state index contributed by atoms with van der Waals surface area (Å²) < 4.78 is 5.23. The summed E-state index contributed by atoms with van der Waals surface area (Å²) in [5.41, 5.74) is 0.697. The number of para-hydroxylation sites is 1. The molecule has 10 heteroatoms. The van der Waals surface area contributed by atoms with E-state index in [1.807, 2.05) is 0 Å². The number of carboxylic acids is 1. The number of carboxylic acid groups (broad SMARTS) is 1. The molecule has 0 fully saturated rings. The molecule has 0 saturated heterocycles. The maximum absolute atomic E-state index is 12.3. The Hall–Kier alpha value is -3.02. The van der Waals surface area contributed by atoms with Crippen molar-refractivity contribution in [1.82, 2.24) is 0 Å². The van der Waals surface area contributed by atoms with Crippen LogP contribution in [0.5, 0.6) is 5.75 Å². The average molecular weight is 451 g/mol. The van der Waals surface area contributed by atoms with E-state index in [2.05, 4.69) is 4.99 Å². The molecule has 9 N–H and O–H groups in total. The van der Waals surface area contributed by atoms with Crippen molar-refractivity contribution < 1.29 is 52.6 Å². The number of hydrogen-bond donors (Lipinski definition) is 0. The maximum Gasteiger partial charge on any atom is 2.00 e. The Balaban J connectivity index is 0. The minimum atomic E-state index is -1.37. The fourth-order valence-electron chi connectivity index (χ4n) is 2.69. The van der Waals surface area contributed by atoms with E-state index >= 15 is 0 Å². The number of carbonyl (C=O) groups excluding carboxylic acids is 1. The van der Waals surface area contributed by atoms with Crippen LogP contribution in [-0.4, -0.2) is 11.7 Å². The first-order valence-electron chi connectivity index (χ1n) is 7.49. The molecule has 0 saturated carbocycles. The molecular weight excluding hydrogens is 429 g/mol. The third-order valence-electron chi connectivity index (χ3n) is 3.86. The van der Waals surface area contributed by atoms with Gasteiger partial charge in [-0.2, -0.15) is 0 Å². The fraction of sp³-hybridized carbons (Fsp3) is 0.105. The molecule has 3 aromatic rings. The number of fused-ring (bicyclic) bond motifs is 1. The van der Waals surface area contributed by atoms with Crippen molar-refractivity contribution in [3.63, 3.8) is 0 Å². The number of aryl methyl sites for hydroxylation is 1. The van der Waals surface area contributed by atoms with Crippen LogP contribution < -0.4 is 15.8 Å². The number of carbonyl (C=O) groups is 1. The summed E-state index contributed by atoms with van der Waals surface area (Å²) in [5, 5.41) is 24.2. The van der Waals surface area contributed by atoms with Crippen LogP contribution in [0.2, 0.25) is 0 Å². The predicted molar refractivity (Wildman–Crippen MR) is 104 cm³/mol. The van der Waals surface area contributed by atoms with Crippen molar-refractivity contribution in [2.45, 2.75) is 13.8 Å². The number of aliphatic imine (C=N–C) groups is 1. The Bertz CT molecular complexity index is 1090. The second-order valence-electron chi connectivity index (χ2n) is 5.57. The van der Waals surface area contributed by atoms with Crippen LogP contribution in [0, 0.1) is 6.92 Å². The fourth-order valence-corrected chi connectivity index (χ4v) is 2.69. The molecular formula is C19H22CoNO8+3. The number of benzene rings is 2. The zero-order valence-corrected chi connectivity index (χ0v) is 16.6. The zero-order valence-electron chi connectivity index (χ0n) is 15.6. The van der Waals surface area contributed by atoms with Crippen molar-refractivity contribution in [3.05, 3.63) is 69.6 Å². The summed E-state index contributed by atoms with van der Waals surface area (Å²) in [6.45, 7) is 3.30. The maximum atomic E-state index is 12.3. The molecule has 9 nitrogen and oxygen atoms in total. The van der Waals surface area contributed by atoms with Gasteiger partial charge in [-0.15, -0.1) is 0 Å². The number of hydrogen-bond acceptors (Lipinski definition) is 6. The van der Waals surface area contributed by atoms with E-state index in [4.69, 9.17) is 4.42 Å². The quantitative estimate of drug-likeness (QED) is 0.276. The van der Waals surface area contributed by atoms with Crippen LogP contribution in [0.3, 0.4) is 0 Å². The van der Waals surface area contributed by atoms with Gasteiger partial charge in [0, 0.05) is 28.3 Å². The second kappa shape index (κ2) is 11.1. The van der Waals surface area contributed by atoms with Gasteiger partial charge in [0.15, 0.2) is 0 Å². The van der Waals surface area contributed by atoms with Crippen molar-refractivity contribution in [2.75, 3.05) is 0 Å². The number of nitrogens with zero attached hydrogens (tertiary/aromatic N) is 1. The SMILES string of the molecule is CC(=Nc1ccccc1C(=O)[O-])c1c([O-])ccc2c(C)cc(=O)oc12.[Co+2].[OH3+].[OH3+].[OH3+]. The van der Waals surface area contributed by atoms with Crippen LogP contribution >= 0.6 is 0 Å². The van der Waals surface area contributed by atoms with Gasteiger partial charge in [0.05, 0.1) is 11.7 Å². The van der Waals surface area contributed by atoms with Crippen LogP contribution in [0.1, 0.15) is 28.4 Å². The zero-order chi connectivity index (χ0) is 18.1. The third-order valence-corrected chi connectivity index (χ3v) is 3.86. The molecule has 157 valence electrons. The molecule has 1 aromatic heterocycles. The smallest absolute Gasteiger partial charge is 0.872 e. The monoisotopic (exact) mass is 451 g/mol. The molecule has 29 heavy (non-hydrogen) atoms. The second-order valence-corrected chi connectivity index (χ2v) is 5.57. The van der Waals surface area contributed by atoms with Crippen LogP contribution in [0.25, 0.3) is 11.0 Å². The molecule has 0 amide bonds. The minimum Gasteiger partial charge on any atom is -0.872 e. The summed E-state index contributed by atoms with van der Waals surface area (Å²) in [6, 6.07) is 10.4. The summed E-state index contributed by atoms with van der Waals surface area (Å²) in [5.74, 6) is -1.73. The Kier molecular flexibility index (Phi) is 10.8. The van der Waals surface area contributed by atoms with Crippen LogP contribution in [0.15, 0.2) is 56.7 Å². The largest absolute Gasteiger partial charge is 2.00 e. The molecule has 2 aromatic carbocycles. The Morgan fingerprint density at radius 2 is 1.69 bits per heavy atom. The Labute approximate surface area is 175 Å². The first-order chi connectivity index (χ1) is 11.9. The van der Waals surface area contributed by atoms with Gasteiger partial charge < -0.3 is 35.9 Å². The normalized spacial score (nSPS) is 10.1. The van der Waals surface area contributed by atoms with Gasteiger partial charge in [-0.3, -0.25) is 4.99 Å².